The second-order valence-electron chi connectivity index (χ2n) is 6.62. The number of hydrogen-bond acceptors (Lipinski definition) is 2. The van der Waals surface area contributed by atoms with Crippen LogP contribution in [-0.2, 0) is 6.54 Å². The summed E-state index contributed by atoms with van der Waals surface area (Å²) in [5.74, 6) is 0.518. The van der Waals surface area contributed by atoms with Gasteiger partial charge in [0.1, 0.15) is 0 Å². The van der Waals surface area contributed by atoms with E-state index in [2.05, 4.69) is 72.5 Å². The number of hydrogen-bond donors (Lipinski definition) is 0. The number of benzene rings is 2. The lowest BCUT2D eigenvalue weighted by atomic mass is 9.80. The first-order valence-corrected chi connectivity index (χ1v) is 8.49. The van der Waals surface area contributed by atoms with E-state index in [0.29, 0.717) is 5.92 Å². The summed E-state index contributed by atoms with van der Waals surface area (Å²) in [6, 6.07) is 21.7. The molecule has 0 amide bonds. The maximum atomic E-state index is 9.64. The molecule has 1 fully saturated rings. The van der Waals surface area contributed by atoms with Gasteiger partial charge in [0.2, 0.25) is 0 Å². The fourth-order valence-corrected chi connectivity index (χ4v) is 3.51. The number of halogens is 1. The summed E-state index contributed by atoms with van der Waals surface area (Å²) in [7, 11) is 0. The van der Waals surface area contributed by atoms with Crippen LogP contribution in [0.5, 0.6) is 0 Å². The van der Waals surface area contributed by atoms with E-state index in [0.717, 1.165) is 32.5 Å². The largest absolute Gasteiger partial charge is 0.299 e. The minimum absolute atomic E-state index is 0. The molecular weight excluding hydrogens is 316 g/mol. The number of nitriles is 1. The van der Waals surface area contributed by atoms with Crippen LogP contribution in [0.25, 0.3) is 0 Å². The molecule has 3 heteroatoms. The van der Waals surface area contributed by atoms with Crippen molar-refractivity contribution in [3.05, 3.63) is 71.3 Å². The molecule has 0 radical (unpaired) electrons. The van der Waals surface area contributed by atoms with Gasteiger partial charge in [0, 0.05) is 6.54 Å². The van der Waals surface area contributed by atoms with Crippen molar-refractivity contribution in [1.29, 1.82) is 5.26 Å². The number of aryl methyl sites for hydroxylation is 1. The molecule has 0 saturated carbocycles. The Hall–Kier alpha value is -1.82. The Morgan fingerprint density at radius 3 is 2.25 bits per heavy atom. The van der Waals surface area contributed by atoms with Crippen LogP contribution in [0.15, 0.2) is 54.6 Å². The summed E-state index contributed by atoms with van der Waals surface area (Å²) in [6.45, 7) is 5.29. The zero-order valence-corrected chi connectivity index (χ0v) is 15.0. The summed E-state index contributed by atoms with van der Waals surface area (Å²) < 4.78 is 0. The SMILES string of the molecule is Cc1ccc(C(C#N)C2CCN(Cc3ccccc3)CC2)cc1.Cl. The van der Waals surface area contributed by atoms with E-state index in [-0.39, 0.29) is 18.3 Å². The maximum Gasteiger partial charge on any atom is 0.0741 e. The molecular formula is C21H25ClN2. The Bertz CT molecular complexity index is 652. The van der Waals surface area contributed by atoms with Gasteiger partial charge in [0.05, 0.1) is 12.0 Å². The van der Waals surface area contributed by atoms with E-state index in [4.69, 9.17) is 0 Å². The summed E-state index contributed by atoms with van der Waals surface area (Å²) in [4.78, 5) is 2.51. The quantitative estimate of drug-likeness (QED) is 0.788. The molecule has 0 spiro atoms. The van der Waals surface area contributed by atoms with E-state index in [9.17, 15) is 5.26 Å². The van der Waals surface area contributed by atoms with Gasteiger partial charge in [0.25, 0.3) is 0 Å². The lowest BCUT2D eigenvalue weighted by molar-refractivity contribution is 0.171. The van der Waals surface area contributed by atoms with Crippen molar-refractivity contribution in [3.8, 4) is 6.07 Å². The molecule has 2 aromatic rings. The van der Waals surface area contributed by atoms with E-state index in [1.807, 2.05) is 0 Å². The van der Waals surface area contributed by atoms with E-state index in [1.54, 1.807) is 0 Å². The predicted molar refractivity (Wildman–Crippen MR) is 101 cm³/mol. The molecule has 2 nitrogen and oxygen atoms in total. The molecule has 1 aliphatic heterocycles. The fourth-order valence-electron chi connectivity index (χ4n) is 3.51. The van der Waals surface area contributed by atoms with Gasteiger partial charge in [-0.3, -0.25) is 4.90 Å². The van der Waals surface area contributed by atoms with Gasteiger partial charge in [-0.05, 0) is 49.9 Å². The number of nitrogens with zero attached hydrogens (tertiary/aromatic N) is 2. The fraction of sp³-hybridized carbons (Fsp3) is 0.381. The normalized spacial score (nSPS) is 16.8. The monoisotopic (exact) mass is 340 g/mol. The van der Waals surface area contributed by atoms with Gasteiger partial charge in [-0.15, -0.1) is 12.4 Å². The maximum absolute atomic E-state index is 9.64. The van der Waals surface area contributed by atoms with Crippen molar-refractivity contribution >= 4 is 12.4 Å². The lowest BCUT2D eigenvalue weighted by Crippen LogP contribution is -2.35. The highest BCUT2D eigenvalue weighted by atomic mass is 35.5. The van der Waals surface area contributed by atoms with Gasteiger partial charge in [0.15, 0.2) is 0 Å². The van der Waals surface area contributed by atoms with Gasteiger partial charge in [-0.2, -0.15) is 5.26 Å². The van der Waals surface area contributed by atoms with E-state index < -0.39 is 0 Å². The first-order valence-electron chi connectivity index (χ1n) is 8.49. The molecule has 1 unspecified atom stereocenters. The van der Waals surface area contributed by atoms with Crippen LogP contribution in [0.3, 0.4) is 0 Å². The molecule has 0 aliphatic carbocycles. The Labute approximate surface area is 151 Å². The molecule has 3 rings (SSSR count). The zero-order chi connectivity index (χ0) is 16.1. The summed E-state index contributed by atoms with van der Waals surface area (Å²) in [6.07, 6.45) is 2.22. The molecule has 0 N–H and O–H groups in total. The average Bonchev–Trinajstić information content (AvgIpc) is 2.60. The first kappa shape index (κ1) is 18.5. The third-order valence-corrected chi connectivity index (χ3v) is 4.93. The minimum atomic E-state index is 0. The van der Waals surface area contributed by atoms with Gasteiger partial charge in [-0.25, -0.2) is 0 Å². The molecule has 126 valence electrons. The van der Waals surface area contributed by atoms with Crippen molar-refractivity contribution in [2.75, 3.05) is 13.1 Å². The molecule has 1 aliphatic rings. The Morgan fingerprint density at radius 1 is 1.04 bits per heavy atom. The van der Waals surface area contributed by atoms with Crippen LogP contribution in [-0.4, -0.2) is 18.0 Å². The molecule has 2 aromatic carbocycles. The molecule has 0 bridgehead atoms. The van der Waals surface area contributed by atoms with Crippen LogP contribution < -0.4 is 0 Å². The van der Waals surface area contributed by atoms with Gasteiger partial charge >= 0.3 is 0 Å². The standard InChI is InChI=1S/C21H24N2.ClH/c1-17-7-9-19(10-8-17)21(15-22)20-11-13-23(14-12-20)16-18-5-3-2-4-6-18;/h2-10,20-21H,11-14,16H2,1H3;1H. The average molecular weight is 341 g/mol. The smallest absolute Gasteiger partial charge is 0.0741 e. The first-order chi connectivity index (χ1) is 11.3. The number of rotatable bonds is 4. The van der Waals surface area contributed by atoms with Crippen molar-refractivity contribution in [2.24, 2.45) is 5.92 Å². The second-order valence-corrected chi connectivity index (χ2v) is 6.62. The van der Waals surface area contributed by atoms with Crippen LogP contribution in [0.1, 0.15) is 35.4 Å². The van der Waals surface area contributed by atoms with Gasteiger partial charge < -0.3 is 0 Å². The number of piperidine rings is 1. The Kier molecular flexibility index (Phi) is 6.85. The highest BCUT2D eigenvalue weighted by molar-refractivity contribution is 5.85. The number of likely N-dealkylation sites (tertiary alicyclic amines) is 1. The van der Waals surface area contributed by atoms with Crippen LogP contribution >= 0.6 is 12.4 Å². The van der Waals surface area contributed by atoms with E-state index in [1.165, 1.54) is 16.7 Å². The third-order valence-electron chi connectivity index (χ3n) is 4.93. The summed E-state index contributed by atoms with van der Waals surface area (Å²) in [5.41, 5.74) is 3.81. The topological polar surface area (TPSA) is 27.0 Å². The molecule has 1 atom stereocenters. The van der Waals surface area contributed by atoms with Crippen LogP contribution in [0.4, 0.5) is 0 Å². The van der Waals surface area contributed by atoms with Crippen molar-refractivity contribution < 1.29 is 0 Å². The van der Waals surface area contributed by atoms with Crippen LogP contribution in [0, 0.1) is 24.2 Å². The molecule has 1 saturated heterocycles. The van der Waals surface area contributed by atoms with E-state index >= 15 is 0 Å². The Balaban J connectivity index is 0.00000208. The summed E-state index contributed by atoms with van der Waals surface area (Å²) >= 11 is 0. The third kappa shape index (κ3) is 4.60. The lowest BCUT2D eigenvalue weighted by Gasteiger charge is -2.34. The highest BCUT2D eigenvalue weighted by Gasteiger charge is 2.27. The van der Waals surface area contributed by atoms with Gasteiger partial charge in [-0.1, -0.05) is 60.2 Å². The molecule has 24 heavy (non-hydrogen) atoms. The van der Waals surface area contributed by atoms with Crippen molar-refractivity contribution in [2.45, 2.75) is 32.2 Å². The zero-order valence-electron chi connectivity index (χ0n) is 14.2. The van der Waals surface area contributed by atoms with Crippen LogP contribution in [0.2, 0.25) is 0 Å². The minimum Gasteiger partial charge on any atom is -0.299 e. The summed E-state index contributed by atoms with van der Waals surface area (Å²) in [5, 5.41) is 9.64. The second kappa shape index (κ2) is 8.87. The predicted octanol–water partition coefficient (Wildman–Crippen LogP) is 4.94. The highest BCUT2D eigenvalue weighted by Crippen LogP contribution is 2.32. The Morgan fingerprint density at radius 2 is 1.67 bits per heavy atom. The molecule has 0 aromatic heterocycles. The van der Waals surface area contributed by atoms with Crippen molar-refractivity contribution in [3.63, 3.8) is 0 Å². The van der Waals surface area contributed by atoms with Crippen molar-refractivity contribution in [1.82, 2.24) is 4.90 Å². The molecule has 1 heterocycles.